The zero-order valence-electron chi connectivity index (χ0n) is 10.2. The van der Waals surface area contributed by atoms with E-state index < -0.39 is 0 Å². The van der Waals surface area contributed by atoms with Crippen LogP contribution in [0.3, 0.4) is 0 Å². The summed E-state index contributed by atoms with van der Waals surface area (Å²) in [5.74, 6) is 0.724. The zero-order chi connectivity index (χ0) is 12.3. The van der Waals surface area contributed by atoms with Gasteiger partial charge in [-0.1, -0.05) is 19.8 Å². The lowest BCUT2D eigenvalue weighted by molar-refractivity contribution is 0.390. The lowest BCUT2D eigenvalue weighted by Gasteiger charge is -2.16. The lowest BCUT2D eigenvalue weighted by Crippen LogP contribution is -2.24. The highest BCUT2D eigenvalue weighted by molar-refractivity contribution is 5.18. The van der Waals surface area contributed by atoms with Gasteiger partial charge in [0.25, 0.3) is 0 Å². The monoisotopic (exact) mass is 239 g/mol. The number of hydrogen-bond donors (Lipinski definition) is 1. The lowest BCUT2D eigenvalue weighted by atomic mass is 9.98. The van der Waals surface area contributed by atoms with Crippen LogP contribution in [0, 0.1) is 23.5 Å². The molecule has 1 N–H and O–H groups in total. The molecule has 0 radical (unpaired) electrons. The first-order chi connectivity index (χ1) is 8.16. The molecule has 0 aromatic heterocycles. The average Bonchev–Trinajstić information content (AvgIpc) is 2.70. The summed E-state index contributed by atoms with van der Waals surface area (Å²) >= 11 is 0. The molecule has 0 amide bonds. The Bertz CT molecular complexity index is 378. The third-order valence-electron chi connectivity index (χ3n) is 3.77. The molecule has 2 unspecified atom stereocenters. The zero-order valence-corrected chi connectivity index (χ0v) is 10.2. The minimum Gasteiger partial charge on any atom is -0.312 e. The molecule has 0 saturated heterocycles. The fourth-order valence-corrected chi connectivity index (χ4v) is 2.60. The van der Waals surface area contributed by atoms with Crippen molar-refractivity contribution in [3.05, 3.63) is 35.4 Å². The standard InChI is InChI=1S/C14H19F2N/c1-10-3-2-4-11(10)8-17-9-12-7-13(15)5-6-14(12)16/h5-7,10-11,17H,2-4,8-9H2,1H3. The molecule has 1 aliphatic rings. The Morgan fingerprint density at radius 2 is 2.12 bits per heavy atom. The van der Waals surface area contributed by atoms with E-state index in [1.165, 1.54) is 31.4 Å². The molecule has 1 nitrogen and oxygen atoms in total. The van der Waals surface area contributed by atoms with Gasteiger partial charge in [-0.15, -0.1) is 0 Å². The smallest absolute Gasteiger partial charge is 0.127 e. The summed E-state index contributed by atoms with van der Waals surface area (Å²) in [4.78, 5) is 0. The van der Waals surface area contributed by atoms with E-state index in [-0.39, 0.29) is 11.6 Å². The maximum absolute atomic E-state index is 13.3. The molecule has 1 fully saturated rings. The van der Waals surface area contributed by atoms with Crippen LogP contribution in [-0.2, 0) is 6.54 Å². The minimum absolute atomic E-state index is 0.335. The predicted molar refractivity (Wildman–Crippen MR) is 64.6 cm³/mol. The van der Waals surface area contributed by atoms with Crippen LogP contribution >= 0.6 is 0 Å². The summed E-state index contributed by atoms with van der Waals surface area (Å²) in [5, 5.41) is 3.24. The fourth-order valence-electron chi connectivity index (χ4n) is 2.60. The number of hydrogen-bond acceptors (Lipinski definition) is 1. The van der Waals surface area contributed by atoms with E-state index in [4.69, 9.17) is 0 Å². The molecular formula is C14H19F2N. The van der Waals surface area contributed by atoms with Crippen molar-refractivity contribution in [2.24, 2.45) is 11.8 Å². The number of benzene rings is 1. The summed E-state index contributed by atoms with van der Waals surface area (Å²) in [7, 11) is 0. The molecule has 0 heterocycles. The van der Waals surface area contributed by atoms with Gasteiger partial charge in [-0.2, -0.15) is 0 Å². The van der Waals surface area contributed by atoms with Gasteiger partial charge in [0, 0.05) is 12.1 Å². The van der Waals surface area contributed by atoms with Gasteiger partial charge in [0.15, 0.2) is 0 Å². The van der Waals surface area contributed by atoms with Gasteiger partial charge in [0.2, 0.25) is 0 Å². The second-order valence-electron chi connectivity index (χ2n) is 5.03. The van der Waals surface area contributed by atoms with Crippen LogP contribution in [-0.4, -0.2) is 6.54 Å². The highest BCUT2D eigenvalue weighted by Gasteiger charge is 2.22. The number of halogens is 2. The summed E-state index contributed by atoms with van der Waals surface area (Å²) in [6.45, 7) is 3.58. The van der Waals surface area contributed by atoms with Gasteiger partial charge >= 0.3 is 0 Å². The highest BCUT2D eigenvalue weighted by atomic mass is 19.1. The Kier molecular flexibility index (Phi) is 4.11. The second-order valence-corrected chi connectivity index (χ2v) is 5.03. The van der Waals surface area contributed by atoms with Crippen molar-refractivity contribution < 1.29 is 8.78 Å². The molecule has 3 heteroatoms. The molecule has 1 aliphatic carbocycles. The quantitative estimate of drug-likeness (QED) is 0.848. The van der Waals surface area contributed by atoms with Gasteiger partial charge in [0.05, 0.1) is 0 Å². The van der Waals surface area contributed by atoms with E-state index in [1.54, 1.807) is 0 Å². The maximum Gasteiger partial charge on any atom is 0.127 e. The van der Waals surface area contributed by atoms with Crippen LogP contribution in [0.2, 0.25) is 0 Å². The van der Waals surface area contributed by atoms with Gasteiger partial charge in [-0.3, -0.25) is 0 Å². The van der Waals surface area contributed by atoms with Gasteiger partial charge in [-0.25, -0.2) is 8.78 Å². The summed E-state index contributed by atoms with van der Waals surface area (Å²) in [6.07, 6.45) is 3.84. The Morgan fingerprint density at radius 3 is 2.82 bits per heavy atom. The molecule has 1 aromatic carbocycles. The van der Waals surface area contributed by atoms with Crippen LogP contribution in [0.25, 0.3) is 0 Å². The third kappa shape index (κ3) is 3.25. The van der Waals surface area contributed by atoms with Crippen molar-refractivity contribution in [1.82, 2.24) is 5.32 Å². The molecule has 2 rings (SSSR count). The highest BCUT2D eigenvalue weighted by Crippen LogP contribution is 2.30. The molecule has 0 aliphatic heterocycles. The van der Waals surface area contributed by atoms with Crippen molar-refractivity contribution >= 4 is 0 Å². The molecule has 1 saturated carbocycles. The molecular weight excluding hydrogens is 220 g/mol. The Hall–Kier alpha value is -0.960. The van der Waals surface area contributed by atoms with Crippen molar-refractivity contribution in [2.75, 3.05) is 6.54 Å². The predicted octanol–water partition coefficient (Wildman–Crippen LogP) is 3.49. The fraction of sp³-hybridized carbons (Fsp3) is 0.571. The van der Waals surface area contributed by atoms with E-state index in [0.717, 1.165) is 18.5 Å². The van der Waals surface area contributed by atoms with E-state index >= 15 is 0 Å². The van der Waals surface area contributed by atoms with E-state index in [9.17, 15) is 8.78 Å². The third-order valence-corrected chi connectivity index (χ3v) is 3.77. The summed E-state index contributed by atoms with van der Waals surface area (Å²) < 4.78 is 26.3. The van der Waals surface area contributed by atoms with Gasteiger partial charge in [0.1, 0.15) is 11.6 Å². The Labute approximate surface area is 101 Å². The molecule has 17 heavy (non-hydrogen) atoms. The maximum atomic E-state index is 13.3. The summed E-state index contributed by atoms with van der Waals surface area (Å²) in [5.41, 5.74) is 0.413. The van der Waals surface area contributed by atoms with E-state index in [0.29, 0.717) is 18.0 Å². The second kappa shape index (κ2) is 5.58. The largest absolute Gasteiger partial charge is 0.312 e. The molecule has 94 valence electrons. The van der Waals surface area contributed by atoms with Crippen molar-refractivity contribution in [2.45, 2.75) is 32.7 Å². The van der Waals surface area contributed by atoms with Gasteiger partial charge < -0.3 is 5.32 Å². The average molecular weight is 239 g/mol. The number of nitrogens with one attached hydrogen (secondary N) is 1. The first-order valence-corrected chi connectivity index (χ1v) is 6.31. The van der Waals surface area contributed by atoms with Crippen LogP contribution in [0.4, 0.5) is 8.78 Å². The van der Waals surface area contributed by atoms with E-state index in [2.05, 4.69) is 12.2 Å². The molecule has 1 aromatic rings. The van der Waals surface area contributed by atoms with Crippen LogP contribution in [0.15, 0.2) is 18.2 Å². The van der Waals surface area contributed by atoms with Crippen molar-refractivity contribution in [3.63, 3.8) is 0 Å². The first kappa shape index (κ1) is 12.5. The Balaban J connectivity index is 1.83. The molecule has 0 spiro atoms. The van der Waals surface area contributed by atoms with Crippen LogP contribution in [0.5, 0.6) is 0 Å². The van der Waals surface area contributed by atoms with Crippen molar-refractivity contribution in [3.8, 4) is 0 Å². The summed E-state index contributed by atoms with van der Waals surface area (Å²) in [6, 6.07) is 3.60. The molecule has 2 atom stereocenters. The van der Waals surface area contributed by atoms with Crippen LogP contribution < -0.4 is 5.32 Å². The van der Waals surface area contributed by atoms with Crippen molar-refractivity contribution in [1.29, 1.82) is 0 Å². The Morgan fingerprint density at radius 1 is 1.29 bits per heavy atom. The normalized spacial score (nSPS) is 24.2. The first-order valence-electron chi connectivity index (χ1n) is 6.31. The van der Waals surface area contributed by atoms with Crippen LogP contribution in [0.1, 0.15) is 31.7 Å². The molecule has 0 bridgehead atoms. The SMILES string of the molecule is CC1CCCC1CNCc1cc(F)ccc1F. The van der Waals surface area contributed by atoms with E-state index in [1.807, 2.05) is 0 Å². The van der Waals surface area contributed by atoms with Gasteiger partial charge in [-0.05, 0) is 43.0 Å². The minimum atomic E-state index is -0.377. The number of rotatable bonds is 4. The topological polar surface area (TPSA) is 12.0 Å².